The van der Waals surface area contributed by atoms with Crippen LogP contribution in [0, 0.1) is 11.3 Å². The molecule has 0 saturated heterocycles. The molecule has 0 heterocycles. The van der Waals surface area contributed by atoms with Crippen LogP contribution in [0.15, 0.2) is 36.0 Å². The summed E-state index contributed by atoms with van der Waals surface area (Å²) in [6.45, 7) is 7.83. The zero-order chi connectivity index (χ0) is 19.4. The summed E-state index contributed by atoms with van der Waals surface area (Å²) in [7, 11) is 1.27. The molecule has 7 heteroatoms. The number of nitrogens with zero attached hydrogens (tertiary/aromatic N) is 2. The van der Waals surface area contributed by atoms with Gasteiger partial charge in [-0.05, 0) is 38.2 Å². The van der Waals surface area contributed by atoms with Gasteiger partial charge in [0.1, 0.15) is 11.6 Å². The maximum Gasteiger partial charge on any atom is 0.339 e. The molecule has 0 aliphatic heterocycles. The molecule has 1 aromatic rings. The molecule has 140 valence electrons. The van der Waals surface area contributed by atoms with Crippen LogP contribution in [0.3, 0.4) is 0 Å². The Kier molecular flexibility index (Phi) is 9.50. The minimum atomic E-state index is -0.583. The normalized spacial score (nSPS) is 11.0. The van der Waals surface area contributed by atoms with Crippen LogP contribution in [0.2, 0.25) is 0 Å². The molecule has 0 aliphatic rings. The van der Waals surface area contributed by atoms with Gasteiger partial charge in [-0.1, -0.05) is 26.0 Å². The van der Waals surface area contributed by atoms with Gasteiger partial charge >= 0.3 is 5.97 Å². The molecular weight excluding hydrogens is 332 g/mol. The summed E-state index contributed by atoms with van der Waals surface area (Å²) in [6, 6.07) is 8.34. The highest BCUT2D eigenvalue weighted by molar-refractivity contribution is 6.09. The predicted octanol–water partition coefficient (Wildman–Crippen LogP) is 2.14. The van der Waals surface area contributed by atoms with Crippen LogP contribution in [-0.2, 0) is 9.53 Å². The van der Waals surface area contributed by atoms with Crippen LogP contribution in [-0.4, -0.2) is 50.1 Å². The molecule has 0 radical (unpaired) electrons. The van der Waals surface area contributed by atoms with Crippen molar-refractivity contribution in [2.24, 2.45) is 0 Å². The number of amides is 1. The summed E-state index contributed by atoms with van der Waals surface area (Å²) >= 11 is 0. The lowest BCUT2D eigenvalue weighted by Crippen LogP contribution is -2.26. The standard InChI is InChI=1S/C19H26N4O3/c1-4-23(5-2)12-8-11-21-14-15(13-20)18(24)22-17-10-7-6-9-16(17)19(25)26-3/h6-7,9-10,14,21H,4-5,8,11-12H2,1-3H3,(H,22,24)/b15-14-. The molecule has 7 nitrogen and oxygen atoms in total. The summed E-state index contributed by atoms with van der Waals surface area (Å²) in [4.78, 5) is 26.3. The Bertz CT molecular complexity index is 676. The van der Waals surface area contributed by atoms with Gasteiger partial charge in [-0.15, -0.1) is 0 Å². The molecule has 1 aromatic carbocycles. The second kappa shape index (κ2) is 11.7. The minimum Gasteiger partial charge on any atom is -0.465 e. The van der Waals surface area contributed by atoms with Crippen molar-refractivity contribution in [2.75, 3.05) is 38.6 Å². The molecule has 0 aliphatic carbocycles. The lowest BCUT2D eigenvalue weighted by Gasteiger charge is -2.17. The fourth-order valence-electron chi connectivity index (χ4n) is 2.34. The summed E-state index contributed by atoms with van der Waals surface area (Å²) < 4.78 is 4.69. The van der Waals surface area contributed by atoms with Gasteiger partial charge in [0, 0.05) is 12.7 Å². The number of carbonyl (C=O) groups is 2. The van der Waals surface area contributed by atoms with E-state index in [4.69, 9.17) is 0 Å². The number of methoxy groups -OCH3 is 1. The van der Waals surface area contributed by atoms with Crippen molar-refractivity contribution in [3.63, 3.8) is 0 Å². The van der Waals surface area contributed by atoms with E-state index in [1.807, 2.05) is 6.07 Å². The zero-order valence-electron chi connectivity index (χ0n) is 15.5. The average Bonchev–Trinajstić information content (AvgIpc) is 2.67. The van der Waals surface area contributed by atoms with Crippen molar-refractivity contribution in [1.29, 1.82) is 5.26 Å². The number of hydrogen-bond donors (Lipinski definition) is 2. The molecule has 0 aromatic heterocycles. The van der Waals surface area contributed by atoms with Crippen LogP contribution >= 0.6 is 0 Å². The molecule has 1 rings (SSSR count). The van der Waals surface area contributed by atoms with E-state index in [0.717, 1.165) is 26.1 Å². The van der Waals surface area contributed by atoms with E-state index in [9.17, 15) is 14.9 Å². The second-order valence-corrected chi connectivity index (χ2v) is 5.50. The number of para-hydroxylation sites is 1. The number of hydrogen-bond acceptors (Lipinski definition) is 6. The number of nitrogens with one attached hydrogen (secondary N) is 2. The predicted molar refractivity (Wildman–Crippen MR) is 101 cm³/mol. The lowest BCUT2D eigenvalue weighted by atomic mass is 10.1. The number of ether oxygens (including phenoxy) is 1. The van der Waals surface area contributed by atoms with Gasteiger partial charge in [0.15, 0.2) is 0 Å². The molecule has 0 unspecified atom stereocenters. The summed E-state index contributed by atoms with van der Waals surface area (Å²) in [6.07, 6.45) is 2.31. The first-order chi connectivity index (χ1) is 12.6. The number of esters is 1. The molecule has 2 N–H and O–H groups in total. The highest BCUT2D eigenvalue weighted by atomic mass is 16.5. The van der Waals surface area contributed by atoms with Crippen LogP contribution in [0.5, 0.6) is 0 Å². The second-order valence-electron chi connectivity index (χ2n) is 5.50. The Balaban J connectivity index is 2.64. The van der Waals surface area contributed by atoms with Gasteiger partial charge in [0.2, 0.25) is 0 Å². The number of anilines is 1. The molecule has 26 heavy (non-hydrogen) atoms. The Morgan fingerprint density at radius 1 is 1.27 bits per heavy atom. The Hall–Kier alpha value is -2.85. The van der Waals surface area contributed by atoms with E-state index >= 15 is 0 Å². The van der Waals surface area contributed by atoms with E-state index in [0.29, 0.717) is 12.2 Å². The van der Waals surface area contributed by atoms with Crippen LogP contribution in [0.4, 0.5) is 5.69 Å². The van der Waals surface area contributed by atoms with Crippen LogP contribution in [0.25, 0.3) is 0 Å². The first-order valence-corrected chi connectivity index (χ1v) is 8.62. The van der Waals surface area contributed by atoms with Crippen molar-refractivity contribution in [2.45, 2.75) is 20.3 Å². The first kappa shape index (κ1) is 21.2. The number of carbonyl (C=O) groups excluding carboxylic acids is 2. The molecule has 0 fully saturated rings. The van der Waals surface area contributed by atoms with Crippen molar-refractivity contribution >= 4 is 17.6 Å². The van der Waals surface area contributed by atoms with Crippen molar-refractivity contribution in [1.82, 2.24) is 10.2 Å². The molecule has 0 atom stereocenters. The monoisotopic (exact) mass is 358 g/mol. The molecule has 1 amide bonds. The van der Waals surface area contributed by atoms with Crippen molar-refractivity contribution in [3.05, 3.63) is 41.6 Å². The van der Waals surface area contributed by atoms with Gasteiger partial charge in [-0.25, -0.2) is 4.79 Å². The third-order valence-corrected chi connectivity index (χ3v) is 3.88. The number of benzene rings is 1. The summed E-state index contributed by atoms with van der Waals surface area (Å²) in [5.41, 5.74) is 0.465. The number of rotatable bonds is 10. The van der Waals surface area contributed by atoms with E-state index in [1.165, 1.54) is 13.3 Å². The third kappa shape index (κ3) is 6.57. The maximum atomic E-state index is 12.3. The Morgan fingerprint density at radius 3 is 2.58 bits per heavy atom. The quantitative estimate of drug-likeness (QED) is 0.288. The SMILES string of the molecule is CCN(CC)CCCN/C=C(/C#N)C(=O)Nc1ccccc1C(=O)OC. The fraction of sp³-hybridized carbons (Fsp3) is 0.421. The molecule has 0 bridgehead atoms. The van der Waals surface area contributed by atoms with Gasteiger partial charge in [0.25, 0.3) is 5.91 Å². The smallest absolute Gasteiger partial charge is 0.339 e. The maximum absolute atomic E-state index is 12.3. The molecular formula is C19H26N4O3. The van der Waals surface area contributed by atoms with Gasteiger partial charge < -0.3 is 20.3 Å². The Morgan fingerprint density at radius 2 is 1.96 bits per heavy atom. The average molecular weight is 358 g/mol. The van der Waals surface area contributed by atoms with E-state index in [1.54, 1.807) is 24.3 Å². The van der Waals surface area contributed by atoms with Gasteiger partial charge in [-0.2, -0.15) is 5.26 Å². The largest absolute Gasteiger partial charge is 0.465 e. The highest BCUT2D eigenvalue weighted by Crippen LogP contribution is 2.16. The van der Waals surface area contributed by atoms with E-state index in [2.05, 4.69) is 34.1 Å². The summed E-state index contributed by atoms with van der Waals surface area (Å²) in [5.74, 6) is -1.14. The molecule has 0 saturated carbocycles. The minimum absolute atomic E-state index is 0.0625. The topological polar surface area (TPSA) is 94.5 Å². The highest BCUT2D eigenvalue weighted by Gasteiger charge is 2.15. The fourth-order valence-corrected chi connectivity index (χ4v) is 2.34. The third-order valence-electron chi connectivity index (χ3n) is 3.88. The van der Waals surface area contributed by atoms with Crippen molar-refractivity contribution < 1.29 is 14.3 Å². The van der Waals surface area contributed by atoms with E-state index < -0.39 is 11.9 Å². The summed E-state index contributed by atoms with van der Waals surface area (Å²) in [5, 5.41) is 14.8. The number of nitriles is 1. The van der Waals surface area contributed by atoms with Crippen LogP contribution in [0.1, 0.15) is 30.6 Å². The van der Waals surface area contributed by atoms with Gasteiger partial charge in [-0.3, -0.25) is 4.79 Å². The van der Waals surface area contributed by atoms with E-state index in [-0.39, 0.29) is 11.1 Å². The Labute approximate surface area is 154 Å². The lowest BCUT2D eigenvalue weighted by molar-refractivity contribution is -0.112. The van der Waals surface area contributed by atoms with Crippen molar-refractivity contribution in [3.8, 4) is 6.07 Å². The zero-order valence-corrected chi connectivity index (χ0v) is 15.5. The van der Waals surface area contributed by atoms with Crippen LogP contribution < -0.4 is 10.6 Å². The first-order valence-electron chi connectivity index (χ1n) is 8.62. The van der Waals surface area contributed by atoms with Gasteiger partial charge in [0.05, 0.1) is 18.4 Å². The molecule has 0 spiro atoms.